The van der Waals surface area contributed by atoms with Gasteiger partial charge in [-0.05, 0) is 24.6 Å². The number of aromatic amines is 1. The van der Waals surface area contributed by atoms with Gasteiger partial charge in [-0.2, -0.15) is 5.10 Å². The van der Waals surface area contributed by atoms with Crippen molar-refractivity contribution in [1.82, 2.24) is 19.7 Å². The SMILES string of the molecule is CCc1cc2c(=O)n(CC(=O)Nc3cccc4[nH]ncc34)cnc2s1. The van der Waals surface area contributed by atoms with Gasteiger partial charge in [0.05, 0.1) is 29.1 Å². The van der Waals surface area contributed by atoms with Crippen molar-refractivity contribution in [3.8, 4) is 0 Å². The maximum atomic E-state index is 12.6. The molecule has 0 aliphatic carbocycles. The number of H-pyrrole nitrogens is 1. The van der Waals surface area contributed by atoms with Crippen molar-refractivity contribution in [1.29, 1.82) is 0 Å². The third-order valence-corrected chi connectivity index (χ3v) is 5.18. The molecule has 0 aliphatic heterocycles. The predicted octanol–water partition coefficient (Wildman–Crippen LogP) is 2.54. The number of rotatable bonds is 4. The number of nitrogens with zero attached hydrogens (tertiary/aromatic N) is 3. The second kappa shape index (κ2) is 6.14. The van der Waals surface area contributed by atoms with Gasteiger partial charge in [0.25, 0.3) is 5.56 Å². The van der Waals surface area contributed by atoms with Crippen LogP contribution < -0.4 is 10.9 Å². The molecule has 0 unspecified atom stereocenters. The van der Waals surface area contributed by atoms with E-state index in [-0.39, 0.29) is 18.0 Å². The fourth-order valence-corrected chi connectivity index (χ4v) is 3.64. The van der Waals surface area contributed by atoms with Crippen molar-refractivity contribution >= 4 is 44.1 Å². The minimum absolute atomic E-state index is 0.0900. The Hall–Kier alpha value is -3.00. The highest BCUT2D eigenvalue weighted by Crippen LogP contribution is 2.22. The van der Waals surface area contributed by atoms with Crippen LogP contribution in [-0.4, -0.2) is 25.7 Å². The van der Waals surface area contributed by atoms with E-state index in [0.717, 1.165) is 22.2 Å². The van der Waals surface area contributed by atoms with E-state index in [4.69, 9.17) is 0 Å². The highest BCUT2D eigenvalue weighted by Gasteiger charge is 2.12. The molecule has 1 amide bonds. The number of carbonyl (C=O) groups excluding carboxylic acids is 1. The number of anilines is 1. The van der Waals surface area contributed by atoms with Gasteiger partial charge < -0.3 is 5.32 Å². The Labute approximate surface area is 146 Å². The molecule has 4 aromatic rings. The van der Waals surface area contributed by atoms with Crippen molar-refractivity contribution in [2.45, 2.75) is 19.9 Å². The quantitative estimate of drug-likeness (QED) is 0.590. The monoisotopic (exact) mass is 353 g/mol. The van der Waals surface area contributed by atoms with Crippen LogP contribution in [0.1, 0.15) is 11.8 Å². The molecule has 0 aliphatic rings. The highest BCUT2D eigenvalue weighted by atomic mass is 32.1. The fraction of sp³-hybridized carbons (Fsp3) is 0.176. The first-order chi connectivity index (χ1) is 12.2. The van der Waals surface area contributed by atoms with Crippen LogP contribution in [0.2, 0.25) is 0 Å². The standard InChI is InChI=1S/C17H15N5O2S/c1-2-10-6-11-16(25-10)18-9-22(17(11)24)8-15(23)20-13-4-3-5-14-12(13)7-19-21-14/h3-7,9H,2,8H2,1H3,(H,19,21)(H,20,23). The number of nitrogens with one attached hydrogen (secondary N) is 2. The fourth-order valence-electron chi connectivity index (χ4n) is 2.72. The van der Waals surface area contributed by atoms with Gasteiger partial charge in [-0.15, -0.1) is 11.3 Å². The van der Waals surface area contributed by atoms with E-state index in [9.17, 15) is 9.59 Å². The minimum atomic E-state index is -0.289. The zero-order valence-corrected chi connectivity index (χ0v) is 14.3. The van der Waals surface area contributed by atoms with Crippen LogP contribution in [0.15, 0.2) is 41.6 Å². The van der Waals surface area contributed by atoms with Crippen molar-refractivity contribution < 1.29 is 4.79 Å². The van der Waals surface area contributed by atoms with Crippen molar-refractivity contribution in [3.63, 3.8) is 0 Å². The Morgan fingerprint density at radius 1 is 1.36 bits per heavy atom. The maximum Gasteiger partial charge on any atom is 0.262 e. The number of fused-ring (bicyclic) bond motifs is 2. The van der Waals surface area contributed by atoms with Crippen LogP contribution in [0.3, 0.4) is 0 Å². The summed E-state index contributed by atoms with van der Waals surface area (Å²) in [4.78, 5) is 31.0. The van der Waals surface area contributed by atoms with Gasteiger partial charge >= 0.3 is 0 Å². The first-order valence-corrected chi connectivity index (χ1v) is 8.67. The molecule has 8 heteroatoms. The van der Waals surface area contributed by atoms with Crippen molar-refractivity contribution in [2.75, 3.05) is 5.32 Å². The van der Waals surface area contributed by atoms with Gasteiger partial charge in [0.15, 0.2) is 0 Å². The first-order valence-electron chi connectivity index (χ1n) is 7.85. The van der Waals surface area contributed by atoms with E-state index < -0.39 is 0 Å². The van der Waals surface area contributed by atoms with Crippen LogP contribution in [-0.2, 0) is 17.8 Å². The van der Waals surface area contributed by atoms with Gasteiger partial charge in [0.1, 0.15) is 11.4 Å². The predicted molar refractivity (Wildman–Crippen MR) is 98.0 cm³/mol. The molecule has 0 saturated heterocycles. The summed E-state index contributed by atoms with van der Waals surface area (Å²) >= 11 is 1.51. The Bertz CT molecular complexity index is 1140. The summed E-state index contributed by atoms with van der Waals surface area (Å²) in [5.41, 5.74) is 1.29. The highest BCUT2D eigenvalue weighted by molar-refractivity contribution is 7.18. The summed E-state index contributed by atoms with van der Waals surface area (Å²) < 4.78 is 1.33. The second-order valence-corrected chi connectivity index (χ2v) is 6.76. The Morgan fingerprint density at radius 3 is 3.08 bits per heavy atom. The molecule has 0 fully saturated rings. The maximum absolute atomic E-state index is 12.6. The van der Waals surface area contributed by atoms with Gasteiger partial charge in [0, 0.05) is 10.3 Å². The van der Waals surface area contributed by atoms with E-state index in [1.807, 2.05) is 25.1 Å². The van der Waals surface area contributed by atoms with E-state index >= 15 is 0 Å². The molecule has 0 spiro atoms. The Kier molecular flexibility index (Phi) is 3.81. The first kappa shape index (κ1) is 15.5. The smallest absolute Gasteiger partial charge is 0.262 e. The minimum Gasteiger partial charge on any atom is -0.324 e. The number of benzene rings is 1. The summed E-state index contributed by atoms with van der Waals surface area (Å²) in [7, 11) is 0. The van der Waals surface area contributed by atoms with E-state index in [1.54, 1.807) is 12.3 Å². The normalized spacial score (nSPS) is 11.2. The largest absolute Gasteiger partial charge is 0.324 e. The summed E-state index contributed by atoms with van der Waals surface area (Å²) in [6, 6.07) is 7.36. The number of carbonyl (C=O) groups is 1. The van der Waals surface area contributed by atoms with Crippen LogP contribution in [0.25, 0.3) is 21.1 Å². The van der Waals surface area contributed by atoms with E-state index in [2.05, 4.69) is 20.5 Å². The molecule has 4 rings (SSSR count). The molecule has 1 aromatic carbocycles. The zero-order chi connectivity index (χ0) is 17.4. The average molecular weight is 353 g/mol. The molecule has 126 valence electrons. The Balaban J connectivity index is 1.60. The van der Waals surface area contributed by atoms with Gasteiger partial charge in [-0.25, -0.2) is 4.98 Å². The average Bonchev–Trinajstić information content (AvgIpc) is 3.24. The molecule has 0 saturated carbocycles. The summed E-state index contributed by atoms with van der Waals surface area (Å²) in [5.74, 6) is -0.289. The summed E-state index contributed by atoms with van der Waals surface area (Å²) in [6.45, 7) is 1.94. The van der Waals surface area contributed by atoms with Crippen LogP contribution in [0.4, 0.5) is 5.69 Å². The second-order valence-electron chi connectivity index (χ2n) is 5.65. The van der Waals surface area contributed by atoms with Crippen molar-refractivity contribution in [3.05, 3.63) is 52.0 Å². The van der Waals surface area contributed by atoms with Crippen LogP contribution >= 0.6 is 11.3 Å². The summed E-state index contributed by atoms with van der Waals surface area (Å²) in [5, 5.41) is 11.0. The number of hydrogen-bond acceptors (Lipinski definition) is 5. The third-order valence-electron chi connectivity index (χ3n) is 3.99. The van der Waals surface area contributed by atoms with Crippen LogP contribution in [0.5, 0.6) is 0 Å². The van der Waals surface area contributed by atoms with Crippen molar-refractivity contribution in [2.24, 2.45) is 0 Å². The van der Waals surface area contributed by atoms with E-state index in [0.29, 0.717) is 15.9 Å². The number of aromatic nitrogens is 4. The molecular weight excluding hydrogens is 338 g/mol. The molecule has 3 aromatic heterocycles. The third kappa shape index (κ3) is 2.80. The Morgan fingerprint density at radius 2 is 2.24 bits per heavy atom. The topological polar surface area (TPSA) is 92.7 Å². The lowest BCUT2D eigenvalue weighted by atomic mass is 10.2. The molecular formula is C17H15N5O2S. The van der Waals surface area contributed by atoms with Crippen LogP contribution in [0, 0.1) is 0 Å². The van der Waals surface area contributed by atoms with Gasteiger partial charge in [0.2, 0.25) is 5.91 Å². The molecule has 0 atom stereocenters. The lowest BCUT2D eigenvalue weighted by Crippen LogP contribution is -2.27. The zero-order valence-electron chi connectivity index (χ0n) is 13.4. The number of amides is 1. The molecule has 0 bridgehead atoms. The van der Waals surface area contributed by atoms with E-state index in [1.165, 1.54) is 22.2 Å². The van der Waals surface area contributed by atoms with Gasteiger partial charge in [-0.1, -0.05) is 13.0 Å². The molecule has 25 heavy (non-hydrogen) atoms. The summed E-state index contributed by atoms with van der Waals surface area (Å²) in [6.07, 6.45) is 3.94. The lowest BCUT2D eigenvalue weighted by Gasteiger charge is -2.08. The number of aryl methyl sites for hydroxylation is 1. The molecule has 2 N–H and O–H groups in total. The molecule has 3 heterocycles. The number of hydrogen-bond donors (Lipinski definition) is 2. The number of thiophene rings is 1. The molecule has 7 nitrogen and oxygen atoms in total. The van der Waals surface area contributed by atoms with Gasteiger partial charge in [-0.3, -0.25) is 19.3 Å². The molecule has 0 radical (unpaired) electrons. The lowest BCUT2D eigenvalue weighted by molar-refractivity contribution is -0.116.